The second-order valence-corrected chi connectivity index (χ2v) is 10.9. The van der Waals surface area contributed by atoms with Gasteiger partial charge in [-0.15, -0.1) is 0 Å². The minimum atomic E-state index is -4.79. The van der Waals surface area contributed by atoms with E-state index in [-0.39, 0.29) is 29.4 Å². The number of rotatable bonds is 5. The molecule has 196 valence electrons. The molecule has 0 fully saturated rings. The largest absolute Gasteiger partial charge is 0.496 e. The van der Waals surface area contributed by atoms with Gasteiger partial charge in [0.15, 0.2) is 5.82 Å². The molecule has 2 aliphatic rings. The summed E-state index contributed by atoms with van der Waals surface area (Å²) in [5, 5.41) is 3.03. The summed E-state index contributed by atoms with van der Waals surface area (Å²) in [5.41, 5.74) is 1.50. The van der Waals surface area contributed by atoms with E-state index in [2.05, 4.69) is 20.3 Å². The van der Waals surface area contributed by atoms with Crippen LogP contribution in [-0.4, -0.2) is 42.3 Å². The van der Waals surface area contributed by atoms with Crippen LogP contribution in [0.3, 0.4) is 0 Å². The zero-order chi connectivity index (χ0) is 27.0. The van der Waals surface area contributed by atoms with Crippen LogP contribution >= 0.6 is 7.82 Å². The maximum atomic E-state index is 15.3. The lowest BCUT2D eigenvalue weighted by atomic mass is 9.97. The van der Waals surface area contributed by atoms with Gasteiger partial charge >= 0.3 is 7.82 Å². The number of phosphoric ester groups is 1. The molecule has 0 saturated carbocycles. The Balaban J connectivity index is 1.46. The number of ether oxygens (including phenoxy) is 1. The number of fused-ring (bicyclic) bond motifs is 9. The summed E-state index contributed by atoms with van der Waals surface area (Å²) in [6.07, 6.45) is 3.33. The van der Waals surface area contributed by atoms with Gasteiger partial charge in [-0.3, -0.25) is 9.32 Å². The average Bonchev–Trinajstić information content (AvgIpc) is 3.33. The third-order valence-corrected chi connectivity index (χ3v) is 7.60. The molecule has 38 heavy (non-hydrogen) atoms. The number of carbonyl (C=O) groups is 1. The Kier molecular flexibility index (Phi) is 5.45. The monoisotopic (exact) mass is 539 g/mol. The molecule has 0 unspecified atom stereocenters. The second kappa shape index (κ2) is 8.40. The Bertz CT molecular complexity index is 1670. The number of nitrogens with one attached hydrogen (secondary N) is 1. The predicted octanol–water partition coefficient (Wildman–Crippen LogP) is 3.76. The first kappa shape index (κ1) is 24.6. The van der Waals surface area contributed by atoms with Crippen LogP contribution in [0.5, 0.6) is 5.75 Å². The van der Waals surface area contributed by atoms with Crippen LogP contribution in [0, 0.1) is 5.82 Å². The molecule has 13 heteroatoms. The Morgan fingerprint density at radius 3 is 2.61 bits per heavy atom. The maximum absolute atomic E-state index is 15.3. The highest BCUT2D eigenvalue weighted by Gasteiger charge is 2.42. The summed E-state index contributed by atoms with van der Waals surface area (Å²) >= 11 is 0. The summed E-state index contributed by atoms with van der Waals surface area (Å²) in [4.78, 5) is 44.3. The van der Waals surface area contributed by atoms with Gasteiger partial charge in [-0.25, -0.2) is 23.9 Å². The van der Waals surface area contributed by atoms with Crippen molar-refractivity contribution in [2.75, 3.05) is 7.11 Å². The molecule has 0 aliphatic carbocycles. The first-order chi connectivity index (χ1) is 18.0. The van der Waals surface area contributed by atoms with E-state index in [0.717, 1.165) is 5.56 Å². The first-order valence-electron chi connectivity index (χ1n) is 11.7. The van der Waals surface area contributed by atoms with Crippen LogP contribution in [0.4, 0.5) is 4.39 Å². The van der Waals surface area contributed by atoms with Crippen molar-refractivity contribution in [2.24, 2.45) is 0 Å². The Hall–Kier alpha value is -3.70. The maximum Gasteiger partial charge on any atom is 0.470 e. The van der Waals surface area contributed by atoms with E-state index in [1.165, 1.54) is 32.3 Å². The fraction of sp³-hybridized carbons (Fsp3) is 0.280. The van der Waals surface area contributed by atoms with Gasteiger partial charge in [-0.05, 0) is 38.5 Å². The molecule has 4 aromatic rings. The second-order valence-electron chi connectivity index (χ2n) is 9.75. The highest BCUT2D eigenvalue weighted by atomic mass is 31.2. The quantitative estimate of drug-likeness (QED) is 0.322. The Morgan fingerprint density at radius 2 is 1.92 bits per heavy atom. The minimum Gasteiger partial charge on any atom is -0.496 e. The van der Waals surface area contributed by atoms with Crippen molar-refractivity contribution in [3.8, 4) is 16.9 Å². The summed E-state index contributed by atoms with van der Waals surface area (Å²) in [6.45, 7) is 2.85. The topological polar surface area (TPSA) is 149 Å². The molecule has 2 aromatic carbocycles. The predicted molar refractivity (Wildman–Crippen MR) is 133 cm³/mol. The van der Waals surface area contributed by atoms with Crippen molar-refractivity contribution in [3.63, 3.8) is 0 Å². The molecule has 2 bridgehead atoms. The lowest BCUT2D eigenvalue weighted by Gasteiger charge is -2.23. The molecular weight excluding hydrogens is 516 g/mol. The van der Waals surface area contributed by atoms with E-state index >= 15 is 4.39 Å². The summed E-state index contributed by atoms with van der Waals surface area (Å²) in [6, 6.07) is 7.74. The molecule has 6 rings (SSSR count). The molecule has 1 amide bonds. The zero-order valence-corrected chi connectivity index (χ0v) is 21.4. The molecule has 4 heterocycles. The van der Waals surface area contributed by atoms with Gasteiger partial charge in [-0.2, -0.15) is 0 Å². The fourth-order valence-electron chi connectivity index (χ4n) is 5.35. The van der Waals surface area contributed by atoms with E-state index in [0.29, 0.717) is 40.2 Å². The average molecular weight is 539 g/mol. The molecule has 0 radical (unpaired) electrons. The summed E-state index contributed by atoms with van der Waals surface area (Å²) < 4.78 is 39.0. The Morgan fingerprint density at radius 1 is 1.18 bits per heavy atom. The van der Waals surface area contributed by atoms with Gasteiger partial charge in [0.2, 0.25) is 0 Å². The fourth-order valence-corrected chi connectivity index (χ4v) is 6.03. The Labute approximate surface area is 215 Å². The van der Waals surface area contributed by atoms with E-state index in [1.807, 2.05) is 10.6 Å². The lowest BCUT2D eigenvalue weighted by Crippen LogP contribution is -2.27. The third-order valence-electron chi connectivity index (χ3n) is 6.91. The van der Waals surface area contributed by atoms with E-state index in [9.17, 15) is 19.1 Å². The zero-order valence-electron chi connectivity index (χ0n) is 20.5. The SMILES string of the molecule is COc1cccc2c1[C@H]1C[C@H](NC2=O)c2nc3cc(F)c(-c4cnc(C(C)(C)OP(=O)(O)O)nc4)cc3n21. The van der Waals surface area contributed by atoms with Crippen LogP contribution in [0.1, 0.15) is 59.9 Å². The van der Waals surface area contributed by atoms with Crippen molar-refractivity contribution in [1.82, 2.24) is 24.8 Å². The number of methoxy groups -OCH3 is 1. The van der Waals surface area contributed by atoms with Crippen LogP contribution in [0.2, 0.25) is 0 Å². The van der Waals surface area contributed by atoms with E-state index < -0.39 is 19.2 Å². The van der Waals surface area contributed by atoms with Gasteiger partial charge in [0, 0.05) is 40.7 Å². The van der Waals surface area contributed by atoms with Gasteiger partial charge in [0.25, 0.3) is 5.91 Å². The van der Waals surface area contributed by atoms with E-state index in [1.54, 1.807) is 25.3 Å². The third kappa shape index (κ3) is 3.88. The van der Waals surface area contributed by atoms with Crippen LogP contribution in [-0.2, 0) is 14.7 Å². The van der Waals surface area contributed by atoms with Gasteiger partial charge in [-0.1, -0.05) is 6.07 Å². The molecule has 11 nitrogen and oxygen atoms in total. The first-order valence-corrected chi connectivity index (χ1v) is 13.3. The van der Waals surface area contributed by atoms with Crippen molar-refractivity contribution in [3.05, 3.63) is 71.3 Å². The number of imidazole rings is 1. The molecule has 3 N–H and O–H groups in total. The number of nitrogens with zero attached hydrogens (tertiary/aromatic N) is 4. The molecule has 2 aliphatic heterocycles. The van der Waals surface area contributed by atoms with Crippen molar-refractivity contribution >= 4 is 24.8 Å². The molecule has 2 aromatic heterocycles. The van der Waals surface area contributed by atoms with Crippen molar-refractivity contribution in [1.29, 1.82) is 0 Å². The van der Waals surface area contributed by atoms with Crippen molar-refractivity contribution in [2.45, 2.75) is 38.0 Å². The summed E-state index contributed by atoms with van der Waals surface area (Å²) in [7, 11) is -3.23. The number of carbonyl (C=O) groups excluding carboxylic acids is 1. The molecular formula is C25H23FN5O6P. The number of aromatic nitrogens is 4. The minimum absolute atomic E-state index is 0.0285. The highest BCUT2D eigenvalue weighted by Crippen LogP contribution is 2.48. The molecule has 0 saturated heterocycles. The highest BCUT2D eigenvalue weighted by molar-refractivity contribution is 7.46. The lowest BCUT2D eigenvalue weighted by molar-refractivity contribution is 0.0556. The normalized spacial score (nSPS) is 18.6. The van der Waals surface area contributed by atoms with Crippen LogP contribution in [0.15, 0.2) is 42.7 Å². The van der Waals surface area contributed by atoms with Gasteiger partial charge in [0.1, 0.15) is 23.0 Å². The standard InChI is InChI=1S/C25H23FN5O6P/c1-25(2,37-38(33,34)35)24-27-10-12(11-28-24)14-7-18-16(8-15(14)26)29-22-17-9-19(31(18)22)21-13(23(32)30-17)5-4-6-20(21)36-3/h4-8,10-11,17,19H,9H2,1-3H3,(H,30,32)(H2,33,34,35)/t17-,19+/m0/s1. The van der Waals surface area contributed by atoms with Gasteiger partial charge < -0.3 is 24.4 Å². The van der Waals surface area contributed by atoms with E-state index in [4.69, 9.17) is 9.26 Å². The van der Waals surface area contributed by atoms with Crippen LogP contribution < -0.4 is 10.1 Å². The summed E-state index contributed by atoms with van der Waals surface area (Å²) in [5.74, 6) is 0.500. The molecule has 2 atom stereocenters. The van der Waals surface area contributed by atoms with Crippen LogP contribution in [0.25, 0.3) is 22.2 Å². The van der Waals surface area contributed by atoms with Crippen molar-refractivity contribution < 1.29 is 32.8 Å². The number of amides is 1. The number of halogens is 1. The number of phosphoric acid groups is 1. The van der Waals surface area contributed by atoms with Gasteiger partial charge in [0.05, 0.1) is 30.2 Å². The number of benzene rings is 2. The number of hydrogen-bond acceptors (Lipinski definition) is 7. The smallest absolute Gasteiger partial charge is 0.470 e. The molecule has 0 spiro atoms. The number of hydrogen-bond donors (Lipinski definition) is 3.